The average molecular weight is 329 g/mol. The summed E-state index contributed by atoms with van der Waals surface area (Å²) in [4.78, 5) is 14.4. The van der Waals surface area contributed by atoms with Crippen molar-refractivity contribution in [1.29, 1.82) is 0 Å². The molecule has 1 aliphatic heterocycles. The molecule has 0 N–H and O–H groups in total. The Morgan fingerprint density at radius 1 is 1.17 bits per heavy atom. The summed E-state index contributed by atoms with van der Waals surface area (Å²) in [6.45, 7) is 6.04. The molecule has 0 spiro atoms. The van der Waals surface area contributed by atoms with Crippen LogP contribution in [0.2, 0.25) is 0 Å². The molecule has 3 rings (SSSR count). The van der Waals surface area contributed by atoms with Crippen LogP contribution in [0.5, 0.6) is 5.75 Å². The average Bonchev–Trinajstić information content (AvgIpc) is 3.09. The van der Waals surface area contributed by atoms with Gasteiger partial charge in [-0.25, -0.2) is 4.68 Å². The smallest absolute Gasteiger partial charge is 0.253 e. The van der Waals surface area contributed by atoms with E-state index in [2.05, 4.69) is 15.5 Å². The molecule has 1 saturated heterocycles. The fraction of sp³-hybridized carbons (Fsp3) is 0.529. The summed E-state index contributed by atoms with van der Waals surface area (Å²) in [6, 6.07) is 7.46. The third-order valence-corrected chi connectivity index (χ3v) is 4.16. The van der Waals surface area contributed by atoms with Crippen molar-refractivity contribution >= 4 is 5.91 Å². The lowest BCUT2D eigenvalue weighted by Gasteiger charge is -2.26. The Labute approximate surface area is 141 Å². The third kappa shape index (κ3) is 3.72. The van der Waals surface area contributed by atoms with E-state index < -0.39 is 0 Å². The van der Waals surface area contributed by atoms with E-state index in [9.17, 15) is 4.79 Å². The van der Waals surface area contributed by atoms with Crippen molar-refractivity contribution in [3.05, 3.63) is 35.7 Å². The fourth-order valence-corrected chi connectivity index (χ4v) is 2.83. The minimum Gasteiger partial charge on any atom is -0.486 e. The number of rotatable bonds is 5. The van der Waals surface area contributed by atoms with E-state index in [1.165, 1.54) is 6.42 Å². The zero-order chi connectivity index (χ0) is 16.9. The Kier molecular flexibility index (Phi) is 5.08. The number of likely N-dealkylation sites (tertiary alicyclic amines) is 1. The zero-order valence-electron chi connectivity index (χ0n) is 14.2. The molecular formula is C17H23N5O2. The number of carbonyl (C=O) groups excluding carboxylic acids is 1. The van der Waals surface area contributed by atoms with Crippen LogP contribution in [-0.2, 0) is 6.61 Å². The van der Waals surface area contributed by atoms with Gasteiger partial charge in [-0.1, -0.05) is 0 Å². The highest BCUT2D eigenvalue weighted by Gasteiger charge is 2.18. The van der Waals surface area contributed by atoms with Crippen LogP contribution in [0.1, 0.15) is 55.3 Å². The normalized spacial score (nSPS) is 14.9. The van der Waals surface area contributed by atoms with Crippen molar-refractivity contribution < 1.29 is 9.53 Å². The molecule has 0 bridgehead atoms. The number of nitrogens with zero attached hydrogens (tertiary/aromatic N) is 5. The minimum atomic E-state index is 0.102. The zero-order valence-corrected chi connectivity index (χ0v) is 14.2. The highest BCUT2D eigenvalue weighted by atomic mass is 16.5. The monoisotopic (exact) mass is 329 g/mol. The van der Waals surface area contributed by atoms with Crippen molar-refractivity contribution in [2.24, 2.45) is 0 Å². The first kappa shape index (κ1) is 16.4. The molecule has 0 saturated carbocycles. The number of tetrazole rings is 1. The van der Waals surface area contributed by atoms with Gasteiger partial charge in [0.05, 0.1) is 6.04 Å². The number of carbonyl (C=O) groups is 1. The molecule has 24 heavy (non-hydrogen) atoms. The number of hydrogen-bond donors (Lipinski definition) is 0. The van der Waals surface area contributed by atoms with Crippen LogP contribution in [-0.4, -0.2) is 44.1 Å². The third-order valence-electron chi connectivity index (χ3n) is 4.16. The van der Waals surface area contributed by atoms with Gasteiger partial charge in [-0.05, 0) is 67.8 Å². The van der Waals surface area contributed by atoms with Gasteiger partial charge in [0, 0.05) is 18.7 Å². The highest BCUT2D eigenvalue weighted by Crippen LogP contribution is 2.17. The number of benzene rings is 1. The van der Waals surface area contributed by atoms with Gasteiger partial charge in [-0.15, -0.1) is 5.10 Å². The molecule has 128 valence electrons. The van der Waals surface area contributed by atoms with E-state index in [0.717, 1.165) is 25.9 Å². The van der Waals surface area contributed by atoms with Crippen LogP contribution in [0.15, 0.2) is 24.3 Å². The number of ether oxygens (including phenoxy) is 1. The summed E-state index contributed by atoms with van der Waals surface area (Å²) in [6.07, 6.45) is 3.40. The van der Waals surface area contributed by atoms with Crippen molar-refractivity contribution in [1.82, 2.24) is 25.1 Å². The fourth-order valence-electron chi connectivity index (χ4n) is 2.83. The van der Waals surface area contributed by atoms with E-state index in [1.54, 1.807) is 4.68 Å². The van der Waals surface area contributed by atoms with Gasteiger partial charge in [0.25, 0.3) is 5.91 Å². The second-order valence-electron chi connectivity index (χ2n) is 6.30. The standard InChI is InChI=1S/C17H23N5O2/c1-13(2)22-16(18-19-20-22)12-24-15-8-6-14(7-9-15)17(23)21-10-4-3-5-11-21/h6-9,13H,3-5,10-12H2,1-2H3. The molecule has 7 nitrogen and oxygen atoms in total. The number of hydrogen-bond acceptors (Lipinski definition) is 5. The van der Waals surface area contributed by atoms with Crippen molar-refractivity contribution in [2.45, 2.75) is 45.8 Å². The van der Waals surface area contributed by atoms with Crippen LogP contribution in [0.3, 0.4) is 0 Å². The van der Waals surface area contributed by atoms with Crippen LogP contribution >= 0.6 is 0 Å². The first-order valence-electron chi connectivity index (χ1n) is 8.44. The van der Waals surface area contributed by atoms with Crippen molar-refractivity contribution in [2.75, 3.05) is 13.1 Å². The maximum atomic E-state index is 12.4. The van der Waals surface area contributed by atoms with Crippen LogP contribution < -0.4 is 4.74 Å². The Hall–Kier alpha value is -2.44. The maximum absolute atomic E-state index is 12.4. The molecule has 1 aromatic carbocycles. The molecule has 1 aromatic heterocycles. The first-order chi connectivity index (χ1) is 11.6. The Morgan fingerprint density at radius 2 is 1.88 bits per heavy atom. The lowest BCUT2D eigenvalue weighted by atomic mass is 10.1. The van der Waals surface area contributed by atoms with Gasteiger partial charge in [0.2, 0.25) is 0 Å². The summed E-state index contributed by atoms with van der Waals surface area (Å²) in [5, 5.41) is 11.6. The van der Waals surface area contributed by atoms with Crippen LogP contribution in [0.4, 0.5) is 0 Å². The second kappa shape index (κ2) is 7.42. The topological polar surface area (TPSA) is 73.1 Å². The minimum absolute atomic E-state index is 0.102. The van der Waals surface area contributed by atoms with Crippen molar-refractivity contribution in [3.8, 4) is 5.75 Å². The van der Waals surface area contributed by atoms with Crippen LogP contribution in [0, 0.1) is 0 Å². The van der Waals surface area contributed by atoms with E-state index in [-0.39, 0.29) is 11.9 Å². The predicted molar refractivity (Wildman–Crippen MR) is 88.7 cm³/mol. The maximum Gasteiger partial charge on any atom is 0.253 e. The molecule has 1 amide bonds. The molecule has 0 radical (unpaired) electrons. The summed E-state index contributed by atoms with van der Waals surface area (Å²) in [7, 11) is 0. The lowest BCUT2D eigenvalue weighted by molar-refractivity contribution is 0.0724. The summed E-state index contributed by atoms with van der Waals surface area (Å²) >= 11 is 0. The molecule has 0 atom stereocenters. The quantitative estimate of drug-likeness (QED) is 0.842. The predicted octanol–water partition coefficient (Wildman–Crippen LogP) is 2.46. The summed E-state index contributed by atoms with van der Waals surface area (Å²) in [5.74, 6) is 1.48. The number of amides is 1. The number of piperidine rings is 1. The summed E-state index contributed by atoms with van der Waals surface area (Å²) in [5.41, 5.74) is 0.705. The Morgan fingerprint density at radius 3 is 2.54 bits per heavy atom. The first-order valence-corrected chi connectivity index (χ1v) is 8.44. The highest BCUT2D eigenvalue weighted by molar-refractivity contribution is 5.94. The van der Waals surface area contributed by atoms with E-state index in [4.69, 9.17) is 4.74 Å². The van der Waals surface area contributed by atoms with Crippen LogP contribution in [0.25, 0.3) is 0 Å². The molecule has 2 heterocycles. The molecule has 1 aliphatic rings. The van der Waals surface area contributed by atoms with Gasteiger partial charge >= 0.3 is 0 Å². The van der Waals surface area contributed by atoms with Crippen molar-refractivity contribution in [3.63, 3.8) is 0 Å². The number of aromatic nitrogens is 4. The second-order valence-corrected chi connectivity index (χ2v) is 6.30. The van der Waals surface area contributed by atoms with E-state index >= 15 is 0 Å². The molecule has 2 aromatic rings. The summed E-state index contributed by atoms with van der Waals surface area (Å²) < 4.78 is 7.46. The van der Waals surface area contributed by atoms with Gasteiger partial charge in [0.15, 0.2) is 5.82 Å². The molecule has 7 heteroatoms. The van der Waals surface area contributed by atoms with Gasteiger partial charge < -0.3 is 9.64 Å². The molecule has 0 unspecified atom stereocenters. The SMILES string of the molecule is CC(C)n1nnnc1COc1ccc(C(=O)N2CCCCC2)cc1. The molecule has 0 aliphatic carbocycles. The molecular weight excluding hydrogens is 306 g/mol. The van der Waals surface area contributed by atoms with E-state index in [1.807, 2.05) is 43.0 Å². The van der Waals surface area contributed by atoms with E-state index in [0.29, 0.717) is 23.7 Å². The lowest BCUT2D eigenvalue weighted by Crippen LogP contribution is -2.35. The van der Waals surface area contributed by atoms with Gasteiger partial charge in [-0.2, -0.15) is 0 Å². The van der Waals surface area contributed by atoms with Gasteiger partial charge in [-0.3, -0.25) is 4.79 Å². The Bertz CT molecular complexity index is 675. The van der Waals surface area contributed by atoms with Gasteiger partial charge in [0.1, 0.15) is 12.4 Å². The largest absolute Gasteiger partial charge is 0.486 e. The molecule has 1 fully saturated rings. The Balaban J connectivity index is 1.60.